The average molecular weight is 222 g/mol. The Labute approximate surface area is 94.3 Å². The molecule has 1 aliphatic heterocycles. The summed E-state index contributed by atoms with van der Waals surface area (Å²) < 4.78 is 0. The molecule has 0 radical (unpaired) electrons. The quantitative estimate of drug-likeness (QED) is 0.732. The Bertz CT molecular complexity index is 391. The molecule has 0 amide bonds. The van der Waals surface area contributed by atoms with Crippen molar-refractivity contribution in [2.24, 2.45) is 0 Å². The highest BCUT2D eigenvalue weighted by molar-refractivity contribution is 6.32. The van der Waals surface area contributed by atoms with Crippen LogP contribution in [0.2, 0.25) is 5.02 Å². The zero-order chi connectivity index (χ0) is 10.7. The van der Waals surface area contributed by atoms with Gasteiger partial charge in [0.15, 0.2) is 0 Å². The minimum atomic E-state index is 0.445. The SMILES string of the molecule is N#Cc1c(Cl)cncc1N1CCCCC1. The number of nitriles is 1. The number of nitrogens with zero attached hydrogens (tertiary/aromatic N) is 3. The van der Waals surface area contributed by atoms with Gasteiger partial charge in [-0.1, -0.05) is 11.6 Å². The standard InChI is InChI=1S/C11H12ClN3/c12-10-7-14-8-11(9(10)6-13)15-4-2-1-3-5-15/h7-8H,1-5H2. The molecule has 78 valence electrons. The van der Waals surface area contributed by atoms with Crippen LogP contribution in [0.4, 0.5) is 5.69 Å². The molecule has 1 saturated heterocycles. The maximum Gasteiger partial charge on any atom is 0.103 e. The fourth-order valence-corrected chi connectivity index (χ4v) is 2.11. The summed E-state index contributed by atoms with van der Waals surface area (Å²) in [5.74, 6) is 0. The number of pyridine rings is 1. The van der Waals surface area contributed by atoms with Crippen LogP contribution in [-0.4, -0.2) is 18.1 Å². The fraction of sp³-hybridized carbons (Fsp3) is 0.455. The van der Waals surface area contributed by atoms with E-state index in [1.165, 1.54) is 25.5 Å². The van der Waals surface area contributed by atoms with E-state index in [9.17, 15) is 0 Å². The fourth-order valence-electron chi connectivity index (χ4n) is 1.91. The van der Waals surface area contributed by atoms with Gasteiger partial charge in [-0.25, -0.2) is 0 Å². The normalized spacial score (nSPS) is 16.1. The van der Waals surface area contributed by atoms with Gasteiger partial charge in [0.2, 0.25) is 0 Å². The highest BCUT2D eigenvalue weighted by Crippen LogP contribution is 2.27. The Hall–Kier alpha value is -1.27. The lowest BCUT2D eigenvalue weighted by atomic mass is 10.1. The molecule has 0 unspecified atom stereocenters. The number of rotatable bonds is 1. The highest BCUT2D eigenvalue weighted by Gasteiger charge is 2.16. The first kappa shape index (κ1) is 10.3. The van der Waals surface area contributed by atoms with Crippen LogP contribution < -0.4 is 4.90 Å². The van der Waals surface area contributed by atoms with Gasteiger partial charge in [-0.3, -0.25) is 4.98 Å². The van der Waals surface area contributed by atoms with E-state index in [1.54, 1.807) is 6.20 Å². The zero-order valence-electron chi connectivity index (χ0n) is 8.41. The molecule has 1 aliphatic rings. The van der Waals surface area contributed by atoms with Gasteiger partial charge in [0.25, 0.3) is 0 Å². The minimum absolute atomic E-state index is 0.445. The summed E-state index contributed by atoms with van der Waals surface area (Å²) in [7, 11) is 0. The predicted molar refractivity (Wildman–Crippen MR) is 60.0 cm³/mol. The van der Waals surface area contributed by atoms with Gasteiger partial charge in [0.1, 0.15) is 6.07 Å². The first-order valence-corrected chi connectivity index (χ1v) is 5.49. The van der Waals surface area contributed by atoms with Gasteiger partial charge in [-0.2, -0.15) is 5.26 Å². The van der Waals surface area contributed by atoms with Crippen molar-refractivity contribution in [1.29, 1.82) is 5.26 Å². The number of piperidine rings is 1. The van der Waals surface area contributed by atoms with Crippen LogP contribution in [0.15, 0.2) is 12.4 Å². The third kappa shape index (κ3) is 2.05. The summed E-state index contributed by atoms with van der Waals surface area (Å²) in [6, 6.07) is 2.15. The van der Waals surface area contributed by atoms with Crippen LogP contribution in [-0.2, 0) is 0 Å². The van der Waals surface area contributed by atoms with Gasteiger partial charge in [0.05, 0.1) is 22.5 Å². The summed E-state index contributed by atoms with van der Waals surface area (Å²) in [6.45, 7) is 1.99. The van der Waals surface area contributed by atoms with E-state index < -0.39 is 0 Å². The Morgan fingerprint density at radius 2 is 2.00 bits per heavy atom. The summed E-state index contributed by atoms with van der Waals surface area (Å²) in [5.41, 5.74) is 1.43. The van der Waals surface area contributed by atoms with Gasteiger partial charge in [-0.15, -0.1) is 0 Å². The summed E-state index contributed by atoms with van der Waals surface area (Å²) in [4.78, 5) is 6.24. The molecule has 1 fully saturated rings. The molecule has 1 aromatic heterocycles. The van der Waals surface area contributed by atoms with E-state index in [4.69, 9.17) is 16.9 Å². The largest absolute Gasteiger partial charge is 0.369 e. The van der Waals surface area contributed by atoms with Crippen LogP contribution in [0.3, 0.4) is 0 Å². The molecule has 2 heterocycles. The third-order valence-corrected chi connectivity index (χ3v) is 2.97. The maximum atomic E-state index is 9.04. The number of halogens is 1. The highest BCUT2D eigenvalue weighted by atomic mass is 35.5. The molecule has 0 saturated carbocycles. The third-order valence-electron chi connectivity index (χ3n) is 2.69. The van der Waals surface area contributed by atoms with Crippen molar-refractivity contribution in [3.8, 4) is 6.07 Å². The number of hydrogen-bond acceptors (Lipinski definition) is 3. The van der Waals surface area contributed by atoms with Crippen molar-refractivity contribution < 1.29 is 0 Å². The molecule has 2 rings (SSSR count). The van der Waals surface area contributed by atoms with Crippen molar-refractivity contribution in [3.05, 3.63) is 23.0 Å². The van der Waals surface area contributed by atoms with Crippen LogP contribution in [0.5, 0.6) is 0 Å². The van der Waals surface area contributed by atoms with Crippen LogP contribution in [0.1, 0.15) is 24.8 Å². The van der Waals surface area contributed by atoms with Gasteiger partial charge in [-0.05, 0) is 19.3 Å². The van der Waals surface area contributed by atoms with Crippen molar-refractivity contribution in [2.75, 3.05) is 18.0 Å². The zero-order valence-corrected chi connectivity index (χ0v) is 9.17. The van der Waals surface area contributed by atoms with E-state index in [-0.39, 0.29) is 0 Å². The Balaban J connectivity index is 2.34. The number of anilines is 1. The molecular formula is C11H12ClN3. The number of hydrogen-bond donors (Lipinski definition) is 0. The Morgan fingerprint density at radius 1 is 1.27 bits per heavy atom. The van der Waals surface area contributed by atoms with Gasteiger partial charge >= 0.3 is 0 Å². The molecule has 4 heteroatoms. The molecule has 1 aromatic rings. The van der Waals surface area contributed by atoms with Crippen molar-refractivity contribution in [1.82, 2.24) is 4.98 Å². The first-order valence-electron chi connectivity index (χ1n) is 5.11. The molecule has 0 bridgehead atoms. The molecule has 0 atom stereocenters. The Morgan fingerprint density at radius 3 is 2.67 bits per heavy atom. The molecule has 0 N–H and O–H groups in total. The van der Waals surface area contributed by atoms with Crippen molar-refractivity contribution in [3.63, 3.8) is 0 Å². The smallest absolute Gasteiger partial charge is 0.103 e. The molecule has 3 nitrogen and oxygen atoms in total. The lowest BCUT2D eigenvalue weighted by Crippen LogP contribution is -2.30. The maximum absolute atomic E-state index is 9.04. The predicted octanol–water partition coefficient (Wildman–Crippen LogP) is 2.60. The van der Waals surface area contributed by atoms with E-state index in [0.717, 1.165) is 18.8 Å². The lowest BCUT2D eigenvalue weighted by molar-refractivity contribution is 0.577. The monoisotopic (exact) mass is 221 g/mol. The van der Waals surface area contributed by atoms with Crippen molar-refractivity contribution in [2.45, 2.75) is 19.3 Å². The molecule has 15 heavy (non-hydrogen) atoms. The lowest BCUT2D eigenvalue weighted by Gasteiger charge is -2.29. The topological polar surface area (TPSA) is 39.9 Å². The summed E-state index contributed by atoms with van der Waals surface area (Å²) in [6.07, 6.45) is 6.88. The van der Waals surface area contributed by atoms with Gasteiger partial charge < -0.3 is 4.90 Å². The van der Waals surface area contributed by atoms with E-state index >= 15 is 0 Å². The second kappa shape index (κ2) is 4.50. The summed E-state index contributed by atoms with van der Waals surface area (Å²) in [5, 5.41) is 9.49. The van der Waals surface area contributed by atoms with Gasteiger partial charge in [0, 0.05) is 19.3 Å². The molecule has 0 aliphatic carbocycles. The van der Waals surface area contributed by atoms with E-state index in [2.05, 4.69) is 16.0 Å². The number of aromatic nitrogens is 1. The van der Waals surface area contributed by atoms with E-state index in [1.807, 2.05) is 0 Å². The van der Waals surface area contributed by atoms with Crippen LogP contribution in [0, 0.1) is 11.3 Å². The van der Waals surface area contributed by atoms with Crippen LogP contribution in [0.25, 0.3) is 0 Å². The van der Waals surface area contributed by atoms with Crippen LogP contribution >= 0.6 is 11.6 Å². The molecule has 0 aromatic carbocycles. The first-order chi connectivity index (χ1) is 7.33. The van der Waals surface area contributed by atoms with E-state index in [0.29, 0.717) is 10.6 Å². The second-order valence-corrected chi connectivity index (χ2v) is 4.08. The summed E-state index contributed by atoms with van der Waals surface area (Å²) >= 11 is 5.94. The molecular weight excluding hydrogens is 210 g/mol. The minimum Gasteiger partial charge on any atom is -0.369 e. The molecule has 0 spiro atoms. The average Bonchev–Trinajstić information content (AvgIpc) is 2.30. The second-order valence-electron chi connectivity index (χ2n) is 3.67. The Kier molecular flexibility index (Phi) is 3.08. The van der Waals surface area contributed by atoms with Crippen molar-refractivity contribution >= 4 is 17.3 Å².